The molecule has 1 aliphatic heterocycles. The topological polar surface area (TPSA) is 94.5 Å². The first-order valence-corrected chi connectivity index (χ1v) is 9.02. The van der Waals surface area contributed by atoms with Crippen LogP contribution in [0, 0.1) is 0 Å². The minimum Gasteiger partial charge on any atom is -0.493 e. The fourth-order valence-corrected chi connectivity index (χ4v) is 2.91. The van der Waals surface area contributed by atoms with E-state index in [2.05, 4.69) is 20.5 Å². The van der Waals surface area contributed by atoms with Gasteiger partial charge in [-0.05, 0) is 49.7 Å². The molecule has 152 valence electrons. The number of aromatic nitrogens is 2. The van der Waals surface area contributed by atoms with Crippen LogP contribution in [0.4, 0.5) is 5.69 Å². The van der Waals surface area contributed by atoms with Crippen LogP contribution >= 0.6 is 12.4 Å². The summed E-state index contributed by atoms with van der Waals surface area (Å²) in [6, 6.07) is 8.98. The number of ether oxygens (including phenoxy) is 2. The number of anilines is 1. The summed E-state index contributed by atoms with van der Waals surface area (Å²) in [4.78, 5) is 23.4. The van der Waals surface area contributed by atoms with Crippen LogP contribution < -0.4 is 15.4 Å². The lowest BCUT2D eigenvalue weighted by Gasteiger charge is -2.22. The van der Waals surface area contributed by atoms with Crippen molar-refractivity contribution in [1.29, 1.82) is 0 Å². The fourth-order valence-electron chi connectivity index (χ4n) is 2.91. The number of halogens is 1. The Bertz CT molecular complexity index is 772. The van der Waals surface area contributed by atoms with Crippen LogP contribution in [0.15, 0.2) is 36.5 Å². The number of methoxy groups -OCH3 is 1. The Labute approximate surface area is 170 Å². The zero-order valence-corrected chi connectivity index (χ0v) is 16.5. The summed E-state index contributed by atoms with van der Waals surface area (Å²) in [5, 5.41) is 10.6. The highest BCUT2D eigenvalue weighted by molar-refractivity contribution is 6.02. The van der Waals surface area contributed by atoms with Crippen molar-refractivity contribution in [2.75, 3.05) is 32.1 Å². The van der Waals surface area contributed by atoms with Crippen LogP contribution in [0.3, 0.4) is 0 Å². The summed E-state index contributed by atoms with van der Waals surface area (Å²) in [5.41, 5.74) is 1.04. The van der Waals surface area contributed by atoms with E-state index in [1.54, 1.807) is 30.3 Å². The summed E-state index contributed by atoms with van der Waals surface area (Å²) in [6.07, 6.45) is 4.21. The van der Waals surface area contributed by atoms with Gasteiger partial charge >= 0.3 is 5.97 Å². The van der Waals surface area contributed by atoms with Crippen LogP contribution in [0.5, 0.6) is 5.75 Å². The third-order valence-electron chi connectivity index (χ3n) is 4.40. The lowest BCUT2D eigenvalue weighted by atomic mass is 10.1. The summed E-state index contributed by atoms with van der Waals surface area (Å²) < 4.78 is 11.9. The third-order valence-corrected chi connectivity index (χ3v) is 4.40. The van der Waals surface area contributed by atoms with Crippen molar-refractivity contribution >= 4 is 30.0 Å². The minimum atomic E-state index is -0.317. The lowest BCUT2D eigenvalue weighted by Crippen LogP contribution is -2.32. The van der Waals surface area contributed by atoms with Gasteiger partial charge in [0, 0.05) is 18.4 Å². The molecule has 2 aromatic rings. The van der Waals surface area contributed by atoms with Gasteiger partial charge < -0.3 is 20.1 Å². The Balaban J connectivity index is 0.00000280. The number of hydrogen-bond acceptors (Lipinski definition) is 6. The van der Waals surface area contributed by atoms with Crippen molar-refractivity contribution < 1.29 is 19.1 Å². The SMILES string of the molecule is COC(=O)CCOc1ccc(NC(=O)c2ccn(C3CCCNC3)n2)cc1.Cl. The maximum Gasteiger partial charge on any atom is 0.308 e. The molecule has 1 fully saturated rings. The normalized spacial score (nSPS) is 16.0. The molecule has 9 heteroatoms. The molecular weight excluding hydrogens is 384 g/mol. The molecule has 2 N–H and O–H groups in total. The number of nitrogens with zero attached hydrogens (tertiary/aromatic N) is 2. The molecule has 1 saturated heterocycles. The molecule has 1 aromatic heterocycles. The smallest absolute Gasteiger partial charge is 0.308 e. The number of benzene rings is 1. The molecule has 1 atom stereocenters. The largest absolute Gasteiger partial charge is 0.493 e. The van der Waals surface area contributed by atoms with E-state index in [9.17, 15) is 9.59 Å². The van der Waals surface area contributed by atoms with Crippen molar-refractivity contribution in [3.63, 3.8) is 0 Å². The maximum absolute atomic E-state index is 12.4. The van der Waals surface area contributed by atoms with Gasteiger partial charge in [0.2, 0.25) is 0 Å². The number of carbonyl (C=O) groups is 2. The molecule has 1 unspecified atom stereocenters. The molecule has 0 radical (unpaired) electrons. The first-order chi connectivity index (χ1) is 13.2. The summed E-state index contributed by atoms with van der Waals surface area (Å²) in [7, 11) is 1.34. The van der Waals surface area contributed by atoms with Gasteiger partial charge in [-0.3, -0.25) is 14.3 Å². The molecule has 3 rings (SSSR count). The van der Waals surface area contributed by atoms with E-state index in [4.69, 9.17) is 4.74 Å². The zero-order valence-electron chi connectivity index (χ0n) is 15.7. The number of carbonyl (C=O) groups excluding carboxylic acids is 2. The van der Waals surface area contributed by atoms with E-state index in [1.165, 1.54) is 7.11 Å². The van der Waals surface area contributed by atoms with Gasteiger partial charge in [0.05, 0.1) is 26.2 Å². The minimum absolute atomic E-state index is 0. The molecular formula is C19H25ClN4O4. The molecule has 8 nitrogen and oxygen atoms in total. The number of piperidine rings is 1. The average Bonchev–Trinajstić information content (AvgIpc) is 3.20. The van der Waals surface area contributed by atoms with Crippen LogP contribution in [0.2, 0.25) is 0 Å². The lowest BCUT2D eigenvalue weighted by molar-refractivity contribution is -0.141. The van der Waals surface area contributed by atoms with Gasteiger partial charge in [0.25, 0.3) is 5.91 Å². The molecule has 0 aliphatic carbocycles. The fraction of sp³-hybridized carbons (Fsp3) is 0.421. The first kappa shape index (κ1) is 21.7. The van der Waals surface area contributed by atoms with Crippen LogP contribution in [-0.2, 0) is 9.53 Å². The Morgan fingerprint density at radius 2 is 2.07 bits per heavy atom. The molecule has 0 bridgehead atoms. The molecule has 1 amide bonds. The molecule has 1 aliphatic rings. The van der Waals surface area contributed by atoms with Gasteiger partial charge in [0.15, 0.2) is 5.69 Å². The van der Waals surface area contributed by atoms with Crippen molar-refractivity contribution in [2.24, 2.45) is 0 Å². The Morgan fingerprint density at radius 3 is 2.75 bits per heavy atom. The Morgan fingerprint density at radius 1 is 1.29 bits per heavy atom. The van der Waals surface area contributed by atoms with Gasteiger partial charge in [0.1, 0.15) is 5.75 Å². The predicted octanol–water partition coefficient (Wildman–Crippen LogP) is 2.42. The predicted molar refractivity (Wildman–Crippen MR) is 107 cm³/mol. The standard InChI is InChI=1S/C19H24N4O4.ClH/c1-26-18(24)9-12-27-16-6-4-14(5-7-16)21-19(25)17-8-11-23(22-17)15-3-2-10-20-13-15;/h4-8,11,15,20H,2-3,9-10,12-13H2,1H3,(H,21,25);1H. The molecule has 28 heavy (non-hydrogen) atoms. The van der Waals surface area contributed by atoms with Gasteiger partial charge in [-0.15, -0.1) is 12.4 Å². The van der Waals surface area contributed by atoms with Crippen LogP contribution in [-0.4, -0.2) is 48.5 Å². The second-order valence-electron chi connectivity index (χ2n) is 6.33. The first-order valence-electron chi connectivity index (χ1n) is 9.02. The van der Waals surface area contributed by atoms with Crippen molar-refractivity contribution in [2.45, 2.75) is 25.3 Å². The highest BCUT2D eigenvalue weighted by Crippen LogP contribution is 2.18. The molecule has 0 saturated carbocycles. The quantitative estimate of drug-likeness (QED) is 0.683. The van der Waals surface area contributed by atoms with Crippen molar-refractivity contribution in [3.8, 4) is 5.75 Å². The number of rotatable bonds is 7. The summed E-state index contributed by atoms with van der Waals surface area (Å²) in [6.45, 7) is 2.15. The van der Waals surface area contributed by atoms with Crippen LogP contribution in [0.1, 0.15) is 35.8 Å². The van der Waals surface area contributed by atoms with E-state index in [1.807, 2.05) is 10.9 Å². The highest BCUT2D eigenvalue weighted by atomic mass is 35.5. The van der Waals surface area contributed by atoms with E-state index < -0.39 is 0 Å². The number of amides is 1. The average molecular weight is 409 g/mol. The van der Waals surface area contributed by atoms with E-state index in [-0.39, 0.29) is 37.3 Å². The summed E-state index contributed by atoms with van der Waals surface area (Å²) >= 11 is 0. The monoisotopic (exact) mass is 408 g/mol. The van der Waals surface area contributed by atoms with Crippen molar-refractivity contribution in [1.82, 2.24) is 15.1 Å². The number of esters is 1. The molecule has 2 heterocycles. The zero-order chi connectivity index (χ0) is 19.1. The van der Waals surface area contributed by atoms with Crippen molar-refractivity contribution in [3.05, 3.63) is 42.2 Å². The Hall–Kier alpha value is -2.58. The van der Waals surface area contributed by atoms with Crippen LogP contribution in [0.25, 0.3) is 0 Å². The second-order valence-corrected chi connectivity index (χ2v) is 6.33. The molecule has 1 aromatic carbocycles. The van der Waals surface area contributed by atoms with Gasteiger partial charge in [-0.1, -0.05) is 0 Å². The van der Waals surface area contributed by atoms with E-state index >= 15 is 0 Å². The van der Waals surface area contributed by atoms with Gasteiger partial charge in [-0.25, -0.2) is 0 Å². The number of hydrogen-bond donors (Lipinski definition) is 2. The number of nitrogens with one attached hydrogen (secondary N) is 2. The van der Waals surface area contributed by atoms with Gasteiger partial charge in [-0.2, -0.15) is 5.10 Å². The summed E-state index contributed by atoms with van der Waals surface area (Å²) in [5.74, 6) is 0.0465. The maximum atomic E-state index is 12.4. The van der Waals surface area contributed by atoms with E-state index in [0.29, 0.717) is 23.2 Å². The highest BCUT2D eigenvalue weighted by Gasteiger charge is 2.17. The van der Waals surface area contributed by atoms with E-state index in [0.717, 1.165) is 25.9 Å². The second kappa shape index (κ2) is 10.7. The molecule has 0 spiro atoms. The Kier molecular flexibility index (Phi) is 8.28. The third kappa shape index (κ3) is 5.97.